The van der Waals surface area contributed by atoms with E-state index >= 15 is 0 Å². The van der Waals surface area contributed by atoms with Gasteiger partial charge in [-0.15, -0.1) is 12.3 Å². The van der Waals surface area contributed by atoms with E-state index in [0.717, 1.165) is 19.3 Å². The Balaban J connectivity index is 3.76. The maximum atomic E-state index is 11.5. The van der Waals surface area contributed by atoms with Crippen LogP contribution in [0.25, 0.3) is 0 Å². The third kappa shape index (κ3) is 7.87. The summed E-state index contributed by atoms with van der Waals surface area (Å²) in [7, 11) is 1.74. The van der Waals surface area contributed by atoms with E-state index < -0.39 is 5.60 Å². The quantitative estimate of drug-likeness (QED) is 0.528. The van der Waals surface area contributed by atoms with Crippen molar-refractivity contribution in [1.29, 1.82) is 0 Å². The Kier molecular flexibility index (Phi) is 5.84. The normalized spacial score (nSPS) is 10.6. The van der Waals surface area contributed by atoms with E-state index in [9.17, 15) is 4.79 Å². The molecule has 0 heterocycles. The van der Waals surface area contributed by atoms with E-state index in [1.807, 2.05) is 20.8 Å². The third-order valence-electron chi connectivity index (χ3n) is 1.77. The second-order valence-electron chi connectivity index (χ2n) is 4.56. The van der Waals surface area contributed by atoms with Crippen molar-refractivity contribution < 1.29 is 9.53 Å². The molecule has 1 amide bonds. The molecule has 0 spiro atoms. The highest BCUT2D eigenvalue weighted by molar-refractivity contribution is 5.67. The lowest BCUT2D eigenvalue weighted by atomic mass is 10.2. The van der Waals surface area contributed by atoms with Gasteiger partial charge in [0.25, 0.3) is 0 Å². The van der Waals surface area contributed by atoms with Crippen molar-refractivity contribution in [2.75, 3.05) is 13.6 Å². The highest BCUT2D eigenvalue weighted by Crippen LogP contribution is 2.09. The minimum atomic E-state index is -0.426. The van der Waals surface area contributed by atoms with Crippen LogP contribution >= 0.6 is 0 Å². The Morgan fingerprint density at radius 2 is 2.00 bits per heavy atom. The minimum absolute atomic E-state index is 0.275. The SMILES string of the molecule is C#CCCCCN(C)C(=O)OC(C)(C)C. The second-order valence-corrected chi connectivity index (χ2v) is 4.56. The highest BCUT2D eigenvalue weighted by Gasteiger charge is 2.18. The molecule has 15 heavy (non-hydrogen) atoms. The highest BCUT2D eigenvalue weighted by atomic mass is 16.6. The van der Waals surface area contributed by atoms with Gasteiger partial charge in [-0.05, 0) is 33.6 Å². The Hall–Kier alpha value is -1.17. The average Bonchev–Trinajstić information content (AvgIpc) is 2.09. The van der Waals surface area contributed by atoms with Crippen molar-refractivity contribution in [2.45, 2.75) is 45.6 Å². The summed E-state index contributed by atoms with van der Waals surface area (Å²) in [6, 6.07) is 0. The van der Waals surface area contributed by atoms with E-state index in [2.05, 4.69) is 5.92 Å². The van der Waals surface area contributed by atoms with Crippen LogP contribution in [0, 0.1) is 12.3 Å². The lowest BCUT2D eigenvalue weighted by molar-refractivity contribution is 0.0296. The lowest BCUT2D eigenvalue weighted by Crippen LogP contribution is -2.34. The molecule has 0 aromatic carbocycles. The molecule has 0 N–H and O–H groups in total. The number of hydrogen-bond acceptors (Lipinski definition) is 2. The minimum Gasteiger partial charge on any atom is -0.444 e. The van der Waals surface area contributed by atoms with Crippen molar-refractivity contribution in [3.8, 4) is 12.3 Å². The van der Waals surface area contributed by atoms with Gasteiger partial charge in [-0.3, -0.25) is 0 Å². The molecular weight excluding hydrogens is 190 g/mol. The van der Waals surface area contributed by atoms with Gasteiger partial charge in [-0.2, -0.15) is 0 Å². The summed E-state index contributed by atoms with van der Waals surface area (Å²) in [6.07, 6.45) is 7.49. The summed E-state index contributed by atoms with van der Waals surface area (Å²) < 4.78 is 5.20. The molecule has 0 aromatic rings. The fourth-order valence-electron chi connectivity index (χ4n) is 1.01. The molecule has 0 radical (unpaired) electrons. The summed E-state index contributed by atoms with van der Waals surface area (Å²) >= 11 is 0. The van der Waals surface area contributed by atoms with Gasteiger partial charge >= 0.3 is 6.09 Å². The standard InChI is InChI=1S/C12H21NO2/c1-6-7-8-9-10-13(5)11(14)15-12(2,3)4/h1H,7-10H2,2-5H3. The monoisotopic (exact) mass is 211 g/mol. The molecule has 0 aromatic heterocycles. The Bertz CT molecular complexity index is 235. The zero-order valence-electron chi connectivity index (χ0n) is 10.2. The molecule has 0 aliphatic rings. The number of ether oxygens (including phenoxy) is 1. The second kappa shape index (κ2) is 6.34. The molecule has 0 saturated carbocycles. The van der Waals surface area contributed by atoms with Crippen LogP contribution in [-0.4, -0.2) is 30.2 Å². The van der Waals surface area contributed by atoms with Gasteiger partial charge in [0.15, 0.2) is 0 Å². The fourth-order valence-corrected chi connectivity index (χ4v) is 1.01. The van der Waals surface area contributed by atoms with Crippen molar-refractivity contribution in [3.63, 3.8) is 0 Å². The van der Waals surface area contributed by atoms with E-state index in [1.54, 1.807) is 11.9 Å². The zero-order valence-corrected chi connectivity index (χ0v) is 10.2. The number of hydrogen-bond donors (Lipinski definition) is 0. The molecule has 0 atom stereocenters. The molecule has 0 unspecified atom stereocenters. The summed E-state index contributed by atoms with van der Waals surface area (Å²) in [4.78, 5) is 13.1. The molecule has 3 heteroatoms. The molecular formula is C12H21NO2. The Morgan fingerprint density at radius 3 is 2.47 bits per heavy atom. The number of rotatable bonds is 4. The van der Waals surface area contributed by atoms with E-state index in [0.29, 0.717) is 6.54 Å². The zero-order chi connectivity index (χ0) is 11.9. The number of carbonyl (C=O) groups is 1. The van der Waals surface area contributed by atoms with Gasteiger partial charge in [0, 0.05) is 20.0 Å². The van der Waals surface area contributed by atoms with Crippen LogP contribution in [0.3, 0.4) is 0 Å². The summed E-state index contributed by atoms with van der Waals surface area (Å²) in [5.41, 5.74) is -0.426. The van der Waals surface area contributed by atoms with Crippen LogP contribution in [0.15, 0.2) is 0 Å². The fraction of sp³-hybridized carbons (Fsp3) is 0.750. The Labute approximate surface area is 92.8 Å². The van der Waals surface area contributed by atoms with Crippen molar-refractivity contribution >= 4 is 6.09 Å². The molecule has 0 bridgehead atoms. The first kappa shape index (κ1) is 13.8. The number of carbonyl (C=O) groups excluding carboxylic acids is 1. The van der Waals surface area contributed by atoms with E-state index in [4.69, 9.17) is 11.2 Å². The molecule has 0 rings (SSSR count). The molecule has 0 saturated heterocycles. The van der Waals surface area contributed by atoms with Crippen molar-refractivity contribution in [1.82, 2.24) is 4.90 Å². The molecule has 0 aliphatic carbocycles. The van der Waals surface area contributed by atoms with E-state index in [1.165, 1.54) is 0 Å². The van der Waals surface area contributed by atoms with Crippen LogP contribution in [0.5, 0.6) is 0 Å². The van der Waals surface area contributed by atoms with Crippen molar-refractivity contribution in [2.24, 2.45) is 0 Å². The van der Waals surface area contributed by atoms with Crippen LogP contribution in [0.1, 0.15) is 40.0 Å². The van der Waals surface area contributed by atoms with Crippen LogP contribution in [-0.2, 0) is 4.74 Å². The summed E-state index contributed by atoms with van der Waals surface area (Å²) in [5.74, 6) is 2.57. The van der Waals surface area contributed by atoms with Crippen LogP contribution < -0.4 is 0 Å². The predicted octanol–water partition coefficient (Wildman–Crippen LogP) is 2.66. The smallest absolute Gasteiger partial charge is 0.410 e. The summed E-state index contributed by atoms with van der Waals surface area (Å²) in [5, 5.41) is 0. The van der Waals surface area contributed by atoms with Crippen LogP contribution in [0.2, 0.25) is 0 Å². The molecule has 3 nitrogen and oxygen atoms in total. The number of nitrogens with zero attached hydrogens (tertiary/aromatic N) is 1. The van der Waals surface area contributed by atoms with Gasteiger partial charge in [-0.1, -0.05) is 0 Å². The lowest BCUT2D eigenvalue weighted by Gasteiger charge is -2.24. The first-order chi connectivity index (χ1) is 6.87. The average molecular weight is 211 g/mol. The van der Waals surface area contributed by atoms with Gasteiger partial charge in [0.1, 0.15) is 5.60 Å². The van der Waals surface area contributed by atoms with Gasteiger partial charge < -0.3 is 9.64 Å². The maximum absolute atomic E-state index is 11.5. The molecule has 0 fully saturated rings. The van der Waals surface area contributed by atoms with E-state index in [-0.39, 0.29) is 6.09 Å². The van der Waals surface area contributed by atoms with Gasteiger partial charge in [0.2, 0.25) is 0 Å². The Morgan fingerprint density at radius 1 is 1.40 bits per heavy atom. The molecule has 0 aliphatic heterocycles. The molecule has 86 valence electrons. The van der Waals surface area contributed by atoms with Crippen molar-refractivity contribution in [3.05, 3.63) is 0 Å². The number of unbranched alkanes of at least 4 members (excludes halogenated alkanes) is 2. The largest absolute Gasteiger partial charge is 0.444 e. The third-order valence-corrected chi connectivity index (χ3v) is 1.77. The topological polar surface area (TPSA) is 29.5 Å². The first-order valence-electron chi connectivity index (χ1n) is 5.24. The van der Waals surface area contributed by atoms with Gasteiger partial charge in [0.05, 0.1) is 0 Å². The first-order valence-corrected chi connectivity index (χ1v) is 5.24. The summed E-state index contributed by atoms with van der Waals surface area (Å²) in [6.45, 7) is 6.27. The van der Waals surface area contributed by atoms with Crippen LogP contribution in [0.4, 0.5) is 4.79 Å². The number of amides is 1. The predicted molar refractivity (Wildman–Crippen MR) is 61.5 cm³/mol. The van der Waals surface area contributed by atoms with Gasteiger partial charge in [-0.25, -0.2) is 4.79 Å². The number of terminal acetylenes is 1. The maximum Gasteiger partial charge on any atom is 0.410 e.